The second-order valence-electron chi connectivity index (χ2n) is 9.38. The van der Waals surface area contributed by atoms with Gasteiger partial charge in [-0.25, -0.2) is 0 Å². The van der Waals surface area contributed by atoms with Crippen molar-refractivity contribution in [3.05, 3.63) is 47.6 Å². The highest BCUT2D eigenvalue weighted by Gasteiger charge is 2.56. The van der Waals surface area contributed by atoms with E-state index in [0.29, 0.717) is 12.0 Å². The fourth-order valence-electron chi connectivity index (χ4n) is 4.07. The van der Waals surface area contributed by atoms with E-state index in [1.807, 2.05) is 13.0 Å². The van der Waals surface area contributed by atoms with Gasteiger partial charge in [0.1, 0.15) is 17.6 Å². The molecule has 0 aromatic carbocycles. The Hall–Kier alpha value is -2.26. The first-order valence-corrected chi connectivity index (χ1v) is 11.3. The number of esters is 1. The third-order valence-corrected chi connectivity index (χ3v) is 6.47. The first-order chi connectivity index (χ1) is 15.4. The van der Waals surface area contributed by atoms with Gasteiger partial charge in [-0.15, -0.1) is 0 Å². The highest BCUT2D eigenvalue weighted by molar-refractivity contribution is 5.84. The van der Waals surface area contributed by atoms with Gasteiger partial charge in [-0.3, -0.25) is 9.59 Å². The van der Waals surface area contributed by atoms with E-state index in [-0.39, 0.29) is 6.42 Å². The number of hydrogen-bond donors (Lipinski definition) is 5. The van der Waals surface area contributed by atoms with Crippen LogP contribution in [0.4, 0.5) is 0 Å². The molecule has 184 valence electrons. The second-order valence-corrected chi connectivity index (χ2v) is 9.38. The largest absolute Gasteiger partial charge is 0.461 e. The maximum atomic E-state index is 13.2. The molecule has 8 heteroatoms. The minimum Gasteiger partial charge on any atom is -0.461 e. The molecule has 8 nitrogen and oxygen atoms in total. The summed E-state index contributed by atoms with van der Waals surface area (Å²) in [7, 11) is 0. The summed E-state index contributed by atoms with van der Waals surface area (Å²) < 4.78 is 5.67. The summed E-state index contributed by atoms with van der Waals surface area (Å²) in [5, 5.41) is 44.3. The first kappa shape index (κ1) is 27.0. The molecular formula is C25H37NO7. The summed E-state index contributed by atoms with van der Waals surface area (Å²) in [6.07, 6.45) is 5.62. The van der Waals surface area contributed by atoms with E-state index in [0.717, 1.165) is 5.57 Å². The predicted molar refractivity (Wildman–Crippen MR) is 124 cm³/mol. The minimum atomic E-state index is -1.54. The fraction of sp³-hybridized carbons (Fsp3) is 0.600. The van der Waals surface area contributed by atoms with Gasteiger partial charge in [-0.1, -0.05) is 54.5 Å². The molecule has 0 aromatic rings. The number of hydrogen-bond acceptors (Lipinski definition) is 7. The average Bonchev–Trinajstić information content (AvgIpc) is 2.75. The molecule has 3 rings (SSSR count). The maximum Gasteiger partial charge on any atom is 0.317 e. The molecule has 1 fully saturated rings. The molecule has 2 aliphatic heterocycles. The Kier molecular flexibility index (Phi) is 9.20. The van der Waals surface area contributed by atoms with Crippen LogP contribution >= 0.6 is 0 Å². The van der Waals surface area contributed by atoms with Crippen molar-refractivity contribution >= 4 is 11.9 Å². The van der Waals surface area contributed by atoms with Crippen molar-refractivity contribution in [3.63, 3.8) is 0 Å². The Labute approximate surface area is 195 Å². The van der Waals surface area contributed by atoms with Crippen LogP contribution < -0.4 is 5.32 Å². The lowest BCUT2D eigenvalue weighted by Crippen LogP contribution is -2.63. The van der Waals surface area contributed by atoms with Crippen molar-refractivity contribution in [2.75, 3.05) is 0 Å². The van der Waals surface area contributed by atoms with Gasteiger partial charge in [0.15, 0.2) is 0 Å². The molecule has 1 saturated heterocycles. The minimum absolute atomic E-state index is 0.105. The Morgan fingerprint density at radius 2 is 1.76 bits per heavy atom. The van der Waals surface area contributed by atoms with Gasteiger partial charge in [-0.05, 0) is 34.1 Å². The van der Waals surface area contributed by atoms with Crippen molar-refractivity contribution in [2.45, 2.75) is 84.0 Å². The molecule has 0 aromatic heterocycles. The smallest absolute Gasteiger partial charge is 0.317 e. The Balaban J connectivity index is 2.55. The summed E-state index contributed by atoms with van der Waals surface area (Å²) >= 11 is 0. The summed E-state index contributed by atoms with van der Waals surface area (Å²) in [6, 6.07) is -0.991. The zero-order valence-corrected chi connectivity index (χ0v) is 19.9. The van der Waals surface area contributed by atoms with Crippen LogP contribution in [0, 0.1) is 11.3 Å². The summed E-state index contributed by atoms with van der Waals surface area (Å²) in [4.78, 5) is 25.5. The van der Waals surface area contributed by atoms with Crippen LogP contribution in [0.5, 0.6) is 0 Å². The fourth-order valence-corrected chi connectivity index (χ4v) is 4.07. The lowest BCUT2D eigenvalue weighted by Gasteiger charge is -2.47. The molecule has 5 N–H and O–H groups in total. The first-order valence-electron chi connectivity index (χ1n) is 11.3. The van der Waals surface area contributed by atoms with Gasteiger partial charge in [0.2, 0.25) is 5.91 Å². The zero-order chi connectivity index (χ0) is 24.9. The van der Waals surface area contributed by atoms with Gasteiger partial charge < -0.3 is 30.5 Å². The maximum absolute atomic E-state index is 13.2. The molecule has 1 amide bonds. The van der Waals surface area contributed by atoms with Gasteiger partial charge >= 0.3 is 5.97 Å². The van der Waals surface area contributed by atoms with Crippen LogP contribution in [0.25, 0.3) is 0 Å². The summed E-state index contributed by atoms with van der Waals surface area (Å²) in [5.41, 5.74) is -0.0392. The number of amides is 1. The molecule has 0 radical (unpaired) electrons. The molecular weight excluding hydrogens is 426 g/mol. The van der Waals surface area contributed by atoms with Crippen molar-refractivity contribution < 1.29 is 34.8 Å². The number of rotatable bonds is 2. The number of carbonyl (C=O) groups excluding carboxylic acids is 2. The van der Waals surface area contributed by atoms with Crippen LogP contribution in [0.15, 0.2) is 47.6 Å². The molecule has 0 saturated carbocycles. The Bertz CT molecular complexity index is 844. The van der Waals surface area contributed by atoms with E-state index in [9.17, 15) is 30.0 Å². The molecule has 8 unspecified atom stereocenters. The average molecular weight is 464 g/mol. The van der Waals surface area contributed by atoms with Crippen LogP contribution in [-0.2, 0) is 14.3 Å². The Morgan fingerprint density at radius 3 is 2.39 bits per heavy atom. The lowest BCUT2D eigenvalue weighted by atomic mass is 9.68. The number of nitrogens with one attached hydrogen (secondary N) is 1. The molecule has 0 spiro atoms. The van der Waals surface area contributed by atoms with Gasteiger partial charge in [0.25, 0.3) is 0 Å². The Morgan fingerprint density at radius 1 is 1.15 bits per heavy atom. The third kappa shape index (κ3) is 6.63. The standard InChI is InChI=1S/C25H37NO7/c1-14-6-9-18(28)10-8-15(2)12-21(26-23(31)17(4)27)25(5)22(30)16(3)20(33-24(25)32)13-19(29)11-7-14/h6-8,10-12,16-22,27-30H,9,13H2,1-5H3,(H,26,31)/b10-8-,11-7-,14-6-,15-12-. The number of allylic oxidation sites excluding steroid dienone is 4. The van der Waals surface area contributed by atoms with Crippen molar-refractivity contribution in [2.24, 2.45) is 11.3 Å². The molecule has 1 aliphatic carbocycles. The highest BCUT2D eigenvalue weighted by atomic mass is 16.6. The molecule has 2 bridgehead atoms. The predicted octanol–water partition coefficient (Wildman–Crippen LogP) is 1.30. The number of aliphatic hydroxyl groups excluding tert-OH is 4. The summed E-state index contributed by atoms with van der Waals surface area (Å²) in [6.45, 7) is 8.15. The number of carbonyl (C=O) groups is 2. The van der Waals surface area contributed by atoms with Crippen molar-refractivity contribution in [1.82, 2.24) is 5.32 Å². The van der Waals surface area contributed by atoms with Gasteiger partial charge in [-0.2, -0.15) is 0 Å². The molecule has 33 heavy (non-hydrogen) atoms. The quantitative estimate of drug-likeness (QED) is 0.389. The van der Waals surface area contributed by atoms with E-state index >= 15 is 0 Å². The van der Waals surface area contributed by atoms with Crippen molar-refractivity contribution in [1.29, 1.82) is 0 Å². The third-order valence-electron chi connectivity index (χ3n) is 6.47. The highest BCUT2D eigenvalue weighted by Crippen LogP contribution is 2.41. The normalized spacial score (nSPS) is 42.0. The number of fused-ring (bicyclic) bond motifs is 10. The SMILES string of the molecule is CC1=C/CC(O)/C=C\C(C)=C/C(NC(=O)C(C)O)C2(C)C(=O)OC(CC(O)/C=C\1)C(C)C2O. The molecule has 8 atom stereocenters. The van der Waals surface area contributed by atoms with Crippen LogP contribution in [0.2, 0.25) is 0 Å². The van der Waals surface area contributed by atoms with E-state index in [1.165, 1.54) is 13.8 Å². The number of ether oxygens (including phenoxy) is 1. The van der Waals surface area contributed by atoms with E-state index < -0.39 is 59.8 Å². The van der Waals surface area contributed by atoms with E-state index in [4.69, 9.17) is 4.74 Å². The van der Waals surface area contributed by atoms with Gasteiger partial charge in [0, 0.05) is 12.3 Å². The topological polar surface area (TPSA) is 136 Å². The van der Waals surface area contributed by atoms with Crippen LogP contribution in [0.1, 0.15) is 47.5 Å². The zero-order valence-electron chi connectivity index (χ0n) is 19.9. The lowest BCUT2D eigenvalue weighted by molar-refractivity contribution is -0.199. The summed E-state index contributed by atoms with van der Waals surface area (Å²) in [5.74, 6) is -1.94. The molecule has 2 heterocycles. The monoisotopic (exact) mass is 463 g/mol. The van der Waals surface area contributed by atoms with E-state index in [2.05, 4.69) is 5.32 Å². The van der Waals surface area contributed by atoms with Crippen LogP contribution in [-0.4, -0.2) is 68.9 Å². The van der Waals surface area contributed by atoms with Gasteiger partial charge in [0.05, 0.1) is 24.4 Å². The number of aliphatic hydroxyl groups is 4. The van der Waals surface area contributed by atoms with E-state index in [1.54, 1.807) is 44.2 Å². The second kappa shape index (κ2) is 11.2. The van der Waals surface area contributed by atoms with Crippen molar-refractivity contribution in [3.8, 4) is 0 Å². The molecule has 3 aliphatic rings. The van der Waals surface area contributed by atoms with Crippen LogP contribution in [0.3, 0.4) is 0 Å².